The Labute approximate surface area is 162 Å². The number of piperidine rings is 1. The second kappa shape index (κ2) is 6.99. The number of carbonyl (C=O) groups is 2. The van der Waals surface area contributed by atoms with Crippen LogP contribution < -0.4 is 5.32 Å². The predicted molar refractivity (Wildman–Crippen MR) is 104 cm³/mol. The van der Waals surface area contributed by atoms with Gasteiger partial charge in [0.25, 0.3) is 0 Å². The lowest BCUT2D eigenvalue weighted by Crippen LogP contribution is -2.44. The van der Waals surface area contributed by atoms with E-state index in [9.17, 15) is 9.59 Å². The van der Waals surface area contributed by atoms with Gasteiger partial charge in [-0.2, -0.15) is 16.4 Å². The highest BCUT2D eigenvalue weighted by Gasteiger charge is 2.58. The Kier molecular flexibility index (Phi) is 4.67. The van der Waals surface area contributed by atoms with Gasteiger partial charge in [-0.05, 0) is 47.1 Å². The minimum atomic E-state index is -0.0950. The third-order valence-corrected chi connectivity index (χ3v) is 6.59. The maximum atomic E-state index is 12.4. The second-order valence-electron chi connectivity index (χ2n) is 7.65. The van der Waals surface area contributed by atoms with Crippen LogP contribution in [0.5, 0.6) is 0 Å². The summed E-state index contributed by atoms with van der Waals surface area (Å²) in [6.07, 6.45) is 4.74. The van der Waals surface area contributed by atoms with Crippen molar-refractivity contribution in [2.75, 3.05) is 18.4 Å². The molecule has 2 aromatic rings. The fourth-order valence-corrected chi connectivity index (χ4v) is 4.81. The summed E-state index contributed by atoms with van der Waals surface area (Å²) >= 11 is 1.66. The van der Waals surface area contributed by atoms with Crippen molar-refractivity contribution in [1.29, 1.82) is 0 Å². The first-order valence-electron chi connectivity index (χ1n) is 9.31. The van der Waals surface area contributed by atoms with Crippen LogP contribution in [0.2, 0.25) is 0 Å². The van der Waals surface area contributed by atoms with E-state index in [0.29, 0.717) is 18.4 Å². The highest BCUT2D eigenvalue weighted by Crippen LogP contribution is 2.57. The zero-order chi connectivity index (χ0) is 19.0. The number of thiophene rings is 1. The molecule has 0 aromatic carbocycles. The average molecular weight is 388 g/mol. The number of rotatable bonds is 4. The van der Waals surface area contributed by atoms with Gasteiger partial charge in [0.1, 0.15) is 0 Å². The summed E-state index contributed by atoms with van der Waals surface area (Å²) in [5.41, 5.74) is 1.38. The highest BCUT2D eigenvalue weighted by molar-refractivity contribution is 7.07. The fourth-order valence-electron chi connectivity index (χ4n) is 4.15. The van der Waals surface area contributed by atoms with E-state index in [1.165, 1.54) is 5.56 Å². The van der Waals surface area contributed by atoms with Gasteiger partial charge in [-0.3, -0.25) is 14.8 Å². The van der Waals surface area contributed by atoms with E-state index < -0.39 is 0 Å². The number of carbonyl (C=O) groups excluding carboxylic acids is 2. The van der Waals surface area contributed by atoms with Crippen LogP contribution in [0.1, 0.15) is 31.7 Å². The summed E-state index contributed by atoms with van der Waals surface area (Å²) in [5.74, 6) is 0.712. The Morgan fingerprint density at radius 1 is 1.37 bits per heavy atom. The molecule has 0 unspecified atom stereocenters. The first-order valence-corrected chi connectivity index (χ1v) is 10.2. The summed E-state index contributed by atoms with van der Waals surface area (Å²) in [6.45, 7) is 3.79. The molecule has 0 bridgehead atoms. The Morgan fingerprint density at radius 3 is 2.74 bits per heavy atom. The molecule has 7 nitrogen and oxygen atoms in total. The van der Waals surface area contributed by atoms with Crippen LogP contribution in [0.25, 0.3) is 0 Å². The lowest BCUT2D eigenvalue weighted by molar-refractivity contribution is -0.130. The van der Waals surface area contributed by atoms with Crippen molar-refractivity contribution in [3.63, 3.8) is 0 Å². The summed E-state index contributed by atoms with van der Waals surface area (Å²) < 4.78 is 1.67. The van der Waals surface area contributed by atoms with Crippen molar-refractivity contribution in [3.05, 3.63) is 34.7 Å². The smallest absolute Gasteiger partial charge is 0.323 e. The van der Waals surface area contributed by atoms with Crippen molar-refractivity contribution in [3.8, 4) is 0 Å². The molecule has 3 heterocycles. The molecular formula is C19H25N5O2S. The Hall–Kier alpha value is -2.35. The number of nitrogens with zero attached hydrogens (tertiary/aromatic N) is 4. The van der Waals surface area contributed by atoms with Gasteiger partial charge >= 0.3 is 6.03 Å². The molecule has 1 saturated carbocycles. The number of anilines is 1. The van der Waals surface area contributed by atoms with Crippen molar-refractivity contribution in [2.45, 2.75) is 38.8 Å². The zero-order valence-electron chi connectivity index (χ0n) is 15.7. The molecular weight excluding hydrogens is 362 g/mol. The molecule has 2 fully saturated rings. The molecule has 8 heteroatoms. The van der Waals surface area contributed by atoms with Crippen molar-refractivity contribution in [1.82, 2.24) is 19.6 Å². The summed E-state index contributed by atoms with van der Waals surface area (Å²) in [4.78, 5) is 28.5. The van der Waals surface area contributed by atoms with Crippen molar-refractivity contribution in [2.24, 2.45) is 12.5 Å². The van der Waals surface area contributed by atoms with Gasteiger partial charge in [0, 0.05) is 51.9 Å². The van der Waals surface area contributed by atoms with Crippen LogP contribution in [-0.2, 0) is 18.4 Å². The topological polar surface area (TPSA) is 70.5 Å². The molecule has 1 N–H and O–H groups in total. The number of nitrogens with one attached hydrogen (secondary N) is 1. The number of likely N-dealkylation sites (tertiary alicyclic amines) is 1. The summed E-state index contributed by atoms with van der Waals surface area (Å²) in [5, 5.41) is 11.2. The van der Waals surface area contributed by atoms with Crippen molar-refractivity contribution >= 4 is 29.1 Å². The van der Waals surface area contributed by atoms with E-state index >= 15 is 0 Å². The minimum absolute atomic E-state index is 0.0950. The van der Waals surface area contributed by atoms with E-state index in [2.05, 4.69) is 27.2 Å². The Balaban J connectivity index is 1.33. The monoisotopic (exact) mass is 387 g/mol. The van der Waals surface area contributed by atoms with Gasteiger partial charge in [-0.25, -0.2) is 4.79 Å². The van der Waals surface area contributed by atoms with Crippen LogP contribution in [0.4, 0.5) is 10.6 Å². The van der Waals surface area contributed by atoms with Crippen LogP contribution >= 0.6 is 11.3 Å². The first kappa shape index (κ1) is 18.0. The predicted octanol–water partition coefficient (Wildman–Crippen LogP) is 2.92. The van der Waals surface area contributed by atoms with Gasteiger partial charge in [0.2, 0.25) is 5.91 Å². The first-order chi connectivity index (χ1) is 13.0. The van der Waals surface area contributed by atoms with E-state index in [1.54, 1.807) is 35.2 Å². The lowest BCUT2D eigenvalue weighted by atomic mass is 9.92. The number of aromatic nitrogens is 2. The third kappa shape index (κ3) is 3.71. The number of aryl methyl sites for hydroxylation is 1. The minimum Gasteiger partial charge on any atom is -0.335 e. The van der Waals surface area contributed by atoms with Gasteiger partial charge in [0.05, 0.1) is 0 Å². The van der Waals surface area contributed by atoms with Gasteiger partial charge in [0.15, 0.2) is 5.82 Å². The van der Waals surface area contributed by atoms with E-state index in [-0.39, 0.29) is 17.4 Å². The number of hydrogen-bond donors (Lipinski definition) is 1. The van der Waals surface area contributed by atoms with Crippen LogP contribution in [0, 0.1) is 5.41 Å². The van der Waals surface area contributed by atoms with E-state index in [0.717, 1.165) is 32.4 Å². The van der Waals surface area contributed by atoms with Gasteiger partial charge in [-0.15, -0.1) is 0 Å². The standard InChI is InChI=1S/C19H25N5O2S/c1-14(25)24(12-15-4-10-27-13-15)16-11-19(16)5-8-23(9-6-19)18(26)20-17-3-7-22(2)21-17/h3-4,7,10,13,16H,5-6,8-9,11-12H2,1-2H3,(H,20,21,26)/t16-/m0/s1. The zero-order valence-corrected chi connectivity index (χ0v) is 16.5. The maximum absolute atomic E-state index is 12.4. The summed E-state index contributed by atoms with van der Waals surface area (Å²) in [6, 6.07) is 4.08. The third-order valence-electron chi connectivity index (χ3n) is 5.86. The maximum Gasteiger partial charge on any atom is 0.323 e. The van der Waals surface area contributed by atoms with Crippen LogP contribution in [-0.4, -0.2) is 50.6 Å². The molecule has 1 aliphatic carbocycles. The highest BCUT2D eigenvalue weighted by atomic mass is 32.1. The molecule has 2 aromatic heterocycles. The molecule has 144 valence electrons. The lowest BCUT2D eigenvalue weighted by Gasteiger charge is -2.34. The van der Waals surface area contributed by atoms with Crippen LogP contribution in [0.15, 0.2) is 29.1 Å². The van der Waals surface area contributed by atoms with E-state index in [4.69, 9.17) is 0 Å². The molecule has 1 spiro atoms. The largest absolute Gasteiger partial charge is 0.335 e. The molecule has 3 amide bonds. The molecule has 1 atom stereocenters. The Bertz CT molecular complexity index is 823. The molecule has 0 radical (unpaired) electrons. The normalized spacial score (nSPS) is 20.5. The van der Waals surface area contributed by atoms with E-state index in [1.807, 2.05) is 16.8 Å². The fraction of sp³-hybridized carbons (Fsp3) is 0.526. The molecule has 2 aliphatic rings. The van der Waals surface area contributed by atoms with Crippen molar-refractivity contribution < 1.29 is 9.59 Å². The molecule has 4 rings (SSSR count). The SMILES string of the molecule is CC(=O)N(Cc1ccsc1)[C@H]1CC12CCN(C(=O)Nc1ccn(C)n1)CC2. The molecule has 1 aliphatic heterocycles. The second-order valence-corrected chi connectivity index (χ2v) is 8.43. The molecule has 1 saturated heterocycles. The quantitative estimate of drug-likeness (QED) is 0.877. The van der Waals surface area contributed by atoms with Gasteiger partial charge < -0.3 is 9.80 Å². The number of urea groups is 1. The Morgan fingerprint density at radius 2 is 2.15 bits per heavy atom. The average Bonchev–Trinajstić information content (AvgIpc) is 3.00. The van der Waals surface area contributed by atoms with Crippen LogP contribution in [0.3, 0.4) is 0 Å². The summed E-state index contributed by atoms with van der Waals surface area (Å²) in [7, 11) is 1.82. The molecule has 27 heavy (non-hydrogen) atoms. The van der Waals surface area contributed by atoms with Gasteiger partial charge in [-0.1, -0.05) is 0 Å². The number of hydrogen-bond acceptors (Lipinski definition) is 4. The number of amides is 3.